The molecule has 2 atom stereocenters. The van der Waals surface area contributed by atoms with Crippen LogP contribution in [-0.4, -0.2) is 7.05 Å². The Bertz CT molecular complexity index is 652. The van der Waals surface area contributed by atoms with Gasteiger partial charge in [-0.2, -0.15) is 0 Å². The summed E-state index contributed by atoms with van der Waals surface area (Å²) in [6.45, 7) is 2.09. The number of halogens is 2. The number of benzene rings is 2. The zero-order chi connectivity index (χ0) is 15.0. The predicted molar refractivity (Wildman–Crippen MR) is 87.4 cm³/mol. The third-order valence-corrected chi connectivity index (χ3v) is 4.30. The quantitative estimate of drug-likeness (QED) is 0.832. The van der Waals surface area contributed by atoms with Crippen LogP contribution in [0.2, 0.25) is 10.0 Å². The fourth-order valence-electron chi connectivity index (χ4n) is 2.83. The van der Waals surface area contributed by atoms with Crippen LogP contribution in [0.15, 0.2) is 36.4 Å². The molecule has 4 heteroatoms. The topological polar surface area (TPSA) is 21.3 Å². The van der Waals surface area contributed by atoms with E-state index in [0.29, 0.717) is 10.0 Å². The standard InChI is InChI=1S/C17H17Cl2NO/c1-10-3-4-16-14(5-10)15(20-2)9-17(21-16)11-6-12(18)8-13(19)7-11/h3-8,15,17,20H,9H2,1-2H3. The molecule has 0 aliphatic carbocycles. The second-order valence-electron chi connectivity index (χ2n) is 5.43. The fourth-order valence-corrected chi connectivity index (χ4v) is 3.37. The average molecular weight is 322 g/mol. The predicted octanol–water partition coefficient (Wildman–Crippen LogP) is 5.09. The van der Waals surface area contributed by atoms with Gasteiger partial charge in [-0.25, -0.2) is 0 Å². The molecule has 1 N–H and O–H groups in total. The number of hydrogen-bond acceptors (Lipinski definition) is 2. The molecule has 1 aliphatic rings. The number of ether oxygens (including phenoxy) is 1. The van der Waals surface area contributed by atoms with E-state index in [1.165, 1.54) is 11.1 Å². The number of fused-ring (bicyclic) bond motifs is 1. The maximum atomic E-state index is 6.16. The van der Waals surface area contributed by atoms with E-state index < -0.39 is 0 Å². The first kappa shape index (κ1) is 14.7. The Morgan fingerprint density at radius 3 is 2.48 bits per heavy atom. The second-order valence-corrected chi connectivity index (χ2v) is 6.30. The molecule has 3 rings (SSSR count). The second kappa shape index (κ2) is 5.88. The van der Waals surface area contributed by atoms with Gasteiger partial charge in [-0.3, -0.25) is 0 Å². The third-order valence-electron chi connectivity index (χ3n) is 3.86. The highest BCUT2D eigenvalue weighted by Gasteiger charge is 2.28. The summed E-state index contributed by atoms with van der Waals surface area (Å²) >= 11 is 12.2. The van der Waals surface area contributed by atoms with E-state index in [-0.39, 0.29) is 12.1 Å². The van der Waals surface area contributed by atoms with Crippen molar-refractivity contribution in [2.75, 3.05) is 7.05 Å². The zero-order valence-corrected chi connectivity index (χ0v) is 13.5. The van der Waals surface area contributed by atoms with Gasteiger partial charge in [0.1, 0.15) is 11.9 Å². The van der Waals surface area contributed by atoms with Gasteiger partial charge in [0.25, 0.3) is 0 Å². The van der Waals surface area contributed by atoms with Crippen LogP contribution in [0.3, 0.4) is 0 Å². The van der Waals surface area contributed by atoms with Crippen LogP contribution in [0.1, 0.15) is 35.3 Å². The molecule has 0 saturated heterocycles. The van der Waals surface area contributed by atoms with Crippen molar-refractivity contribution in [1.82, 2.24) is 5.32 Å². The van der Waals surface area contributed by atoms with Gasteiger partial charge in [0, 0.05) is 28.1 Å². The van der Waals surface area contributed by atoms with Gasteiger partial charge >= 0.3 is 0 Å². The van der Waals surface area contributed by atoms with Gasteiger partial charge in [-0.15, -0.1) is 0 Å². The van der Waals surface area contributed by atoms with Crippen molar-refractivity contribution in [3.8, 4) is 5.75 Å². The highest BCUT2D eigenvalue weighted by Crippen LogP contribution is 2.41. The Morgan fingerprint density at radius 1 is 1.10 bits per heavy atom. The maximum Gasteiger partial charge on any atom is 0.126 e. The minimum Gasteiger partial charge on any atom is -0.485 e. The van der Waals surface area contributed by atoms with E-state index in [1.54, 1.807) is 6.07 Å². The van der Waals surface area contributed by atoms with Crippen LogP contribution >= 0.6 is 23.2 Å². The lowest BCUT2D eigenvalue weighted by Crippen LogP contribution is -2.26. The van der Waals surface area contributed by atoms with Crippen molar-refractivity contribution >= 4 is 23.2 Å². The van der Waals surface area contributed by atoms with E-state index in [0.717, 1.165) is 17.7 Å². The molecule has 2 unspecified atom stereocenters. The lowest BCUT2D eigenvalue weighted by atomic mass is 9.92. The van der Waals surface area contributed by atoms with E-state index >= 15 is 0 Å². The highest BCUT2D eigenvalue weighted by atomic mass is 35.5. The molecular weight excluding hydrogens is 305 g/mol. The van der Waals surface area contributed by atoms with Crippen LogP contribution < -0.4 is 10.1 Å². The van der Waals surface area contributed by atoms with Crippen molar-refractivity contribution in [3.63, 3.8) is 0 Å². The molecule has 0 spiro atoms. The Labute approximate surface area is 135 Å². The summed E-state index contributed by atoms with van der Waals surface area (Å²) in [7, 11) is 1.98. The maximum absolute atomic E-state index is 6.16. The van der Waals surface area contributed by atoms with E-state index in [1.807, 2.05) is 25.2 Å². The molecule has 110 valence electrons. The lowest BCUT2D eigenvalue weighted by molar-refractivity contribution is 0.154. The van der Waals surface area contributed by atoms with Gasteiger partial charge in [-0.1, -0.05) is 40.9 Å². The largest absolute Gasteiger partial charge is 0.485 e. The summed E-state index contributed by atoms with van der Waals surface area (Å²) in [4.78, 5) is 0. The van der Waals surface area contributed by atoms with Crippen molar-refractivity contribution < 1.29 is 4.74 Å². The van der Waals surface area contributed by atoms with Crippen molar-refractivity contribution in [2.45, 2.75) is 25.5 Å². The lowest BCUT2D eigenvalue weighted by Gasteiger charge is -2.32. The fraction of sp³-hybridized carbons (Fsp3) is 0.294. The summed E-state index contributed by atoms with van der Waals surface area (Å²) < 4.78 is 6.16. The van der Waals surface area contributed by atoms with Crippen LogP contribution in [0, 0.1) is 6.92 Å². The monoisotopic (exact) mass is 321 g/mol. The molecule has 0 saturated carbocycles. The van der Waals surface area contributed by atoms with E-state index in [2.05, 4.69) is 24.4 Å². The molecule has 0 bridgehead atoms. The third kappa shape index (κ3) is 3.03. The Balaban J connectivity index is 1.98. The van der Waals surface area contributed by atoms with Gasteiger partial charge < -0.3 is 10.1 Å². The van der Waals surface area contributed by atoms with Crippen molar-refractivity contribution in [2.24, 2.45) is 0 Å². The molecule has 0 fully saturated rings. The molecule has 0 radical (unpaired) electrons. The van der Waals surface area contributed by atoms with E-state index in [9.17, 15) is 0 Å². The Kier molecular flexibility index (Phi) is 4.12. The molecule has 1 aliphatic heterocycles. The van der Waals surface area contributed by atoms with Crippen LogP contribution in [0.25, 0.3) is 0 Å². The molecule has 2 aromatic carbocycles. The average Bonchev–Trinajstić information content (AvgIpc) is 2.45. The Morgan fingerprint density at radius 2 is 1.81 bits per heavy atom. The molecule has 21 heavy (non-hydrogen) atoms. The van der Waals surface area contributed by atoms with Crippen molar-refractivity contribution in [3.05, 3.63) is 63.1 Å². The van der Waals surface area contributed by atoms with E-state index in [4.69, 9.17) is 27.9 Å². The SMILES string of the molecule is CNC1CC(c2cc(Cl)cc(Cl)c2)Oc2ccc(C)cc21. The van der Waals surface area contributed by atoms with Gasteiger partial charge in [-0.05, 0) is 43.8 Å². The van der Waals surface area contributed by atoms with Gasteiger partial charge in [0.05, 0.1) is 0 Å². The summed E-state index contributed by atoms with van der Waals surface area (Å²) in [5, 5.41) is 4.64. The first-order chi connectivity index (χ1) is 10.1. The van der Waals surface area contributed by atoms with Crippen molar-refractivity contribution in [1.29, 1.82) is 0 Å². The number of nitrogens with one attached hydrogen (secondary N) is 1. The number of hydrogen-bond donors (Lipinski definition) is 1. The first-order valence-corrected chi connectivity index (χ1v) is 7.73. The summed E-state index contributed by atoms with van der Waals surface area (Å²) in [5.41, 5.74) is 3.46. The minimum absolute atomic E-state index is 0.0474. The molecule has 2 aromatic rings. The summed E-state index contributed by atoms with van der Waals surface area (Å²) in [6, 6.07) is 12.1. The molecule has 0 aromatic heterocycles. The summed E-state index contributed by atoms with van der Waals surface area (Å²) in [5.74, 6) is 0.923. The molecule has 0 amide bonds. The Hall–Kier alpha value is -1.22. The first-order valence-electron chi connectivity index (χ1n) is 6.97. The molecule has 2 nitrogen and oxygen atoms in total. The summed E-state index contributed by atoms with van der Waals surface area (Å²) in [6.07, 6.45) is 0.803. The van der Waals surface area contributed by atoms with Crippen LogP contribution in [0.5, 0.6) is 5.75 Å². The molecule has 1 heterocycles. The number of rotatable bonds is 2. The van der Waals surface area contributed by atoms with Gasteiger partial charge in [0.2, 0.25) is 0 Å². The smallest absolute Gasteiger partial charge is 0.126 e. The minimum atomic E-state index is -0.0474. The number of aryl methyl sites for hydroxylation is 1. The van der Waals surface area contributed by atoms with Gasteiger partial charge in [0.15, 0.2) is 0 Å². The van der Waals surface area contributed by atoms with Crippen LogP contribution in [-0.2, 0) is 0 Å². The highest BCUT2D eigenvalue weighted by molar-refractivity contribution is 6.34. The molecular formula is C17H17Cl2NO. The normalized spacial score (nSPS) is 20.8. The zero-order valence-electron chi connectivity index (χ0n) is 12.0. The van der Waals surface area contributed by atoms with Crippen LogP contribution in [0.4, 0.5) is 0 Å².